The lowest BCUT2D eigenvalue weighted by molar-refractivity contribution is 0.822. The van der Waals surface area contributed by atoms with Crippen molar-refractivity contribution >= 4 is 5.70 Å². The van der Waals surface area contributed by atoms with Crippen molar-refractivity contribution in [3.63, 3.8) is 0 Å². The van der Waals surface area contributed by atoms with Gasteiger partial charge in [-0.15, -0.1) is 0 Å². The molecule has 0 unspecified atom stereocenters. The van der Waals surface area contributed by atoms with Gasteiger partial charge in [0.1, 0.15) is 0 Å². The highest BCUT2D eigenvalue weighted by Gasteiger charge is 2.00. The number of aromatic nitrogens is 1. The number of nitrogens with zero attached hydrogens (tertiary/aromatic N) is 1. The van der Waals surface area contributed by atoms with E-state index in [9.17, 15) is 0 Å². The fourth-order valence-corrected chi connectivity index (χ4v) is 0.937. The SMILES string of the molecule is C=C(N)c1ccc(C(C)C)nc1. The van der Waals surface area contributed by atoms with Crippen molar-refractivity contribution in [1.29, 1.82) is 0 Å². The van der Waals surface area contributed by atoms with Crippen molar-refractivity contribution in [1.82, 2.24) is 4.98 Å². The molecule has 2 nitrogen and oxygen atoms in total. The fourth-order valence-electron chi connectivity index (χ4n) is 0.937. The second-order valence-corrected chi connectivity index (χ2v) is 3.15. The van der Waals surface area contributed by atoms with Gasteiger partial charge >= 0.3 is 0 Å². The van der Waals surface area contributed by atoms with Gasteiger partial charge < -0.3 is 5.73 Å². The molecule has 1 heterocycles. The second kappa shape index (κ2) is 3.39. The number of hydrogen-bond acceptors (Lipinski definition) is 2. The average Bonchev–Trinajstić information content (AvgIpc) is 2.04. The first-order chi connectivity index (χ1) is 5.61. The molecule has 0 amide bonds. The van der Waals surface area contributed by atoms with E-state index in [-0.39, 0.29) is 0 Å². The molecule has 2 heteroatoms. The zero-order chi connectivity index (χ0) is 9.14. The Morgan fingerprint density at radius 1 is 1.50 bits per heavy atom. The zero-order valence-corrected chi connectivity index (χ0v) is 7.54. The first-order valence-electron chi connectivity index (χ1n) is 4.02. The molecule has 0 atom stereocenters. The van der Waals surface area contributed by atoms with Gasteiger partial charge in [0.05, 0.1) is 0 Å². The maximum Gasteiger partial charge on any atom is 0.0429 e. The minimum Gasteiger partial charge on any atom is -0.399 e. The van der Waals surface area contributed by atoms with Gasteiger partial charge in [-0.3, -0.25) is 4.98 Å². The topological polar surface area (TPSA) is 38.9 Å². The quantitative estimate of drug-likeness (QED) is 0.723. The number of hydrogen-bond donors (Lipinski definition) is 1. The Balaban J connectivity index is 2.93. The van der Waals surface area contributed by atoms with Crippen LogP contribution in [0.5, 0.6) is 0 Å². The molecular formula is C10H14N2. The maximum absolute atomic E-state index is 5.51. The molecule has 12 heavy (non-hydrogen) atoms. The normalized spacial score (nSPS) is 10.2. The van der Waals surface area contributed by atoms with Crippen molar-refractivity contribution in [2.75, 3.05) is 0 Å². The smallest absolute Gasteiger partial charge is 0.0429 e. The summed E-state index contributed by atoms with van der Waals surface area (Å²) in [5.41, 5.74) is 8.06. The van der Waals surface area contributed by atoms with E-state index in [0.717, 1.165) is 11.3 Å². The molecule has 1 aromatic rings. The van der Waals surface area contributed by atoms with Crippen LogP contribution in [0.3, 0.4) is 0 Å². The second-order valence-electron chi connectivity index (χ2n) is 3.15. The van der Waals surface area contributed by atoms with Crippen LogP contribution in [0.25, 0.3) is 5.70 Å². The summed E-state index contributed by atoms with van der Waals surface area (Å²) >= 11 is 0. The Hall–Kier alpha value is -1.31. The third kappa shape index (κ3) is 1.84. The minimum atomic E-state index is 0.463. The molecule has 1 rings (SSSR count). The van der Waals surface area contributed by atoms with Crippen LogP contribution >= 0.6 is 0 Å². The van der Waals surface area contributed by atoms with Gasteiger partial charge in [0.15, 0.2) is 0 Å². The molecule has 0 aliphatic rings. The summed E-state index contributed by atoms with van der Waals surface area (Å²) in [6.07, 6.45) is 1.76. The van der Waals surface area contributed by atoms with Gasteiger partial charge in [-0.1, -0.05) is 20.4 Å². The Bertz CT molecular complexity index is 272. The molecule has 0 saturated carbocycles. The zero-order valence-electron chi connectivity index (χ0n) is 7.54. The van der Waals surface area contributed by atoms with Crippen LogP contribution in [0, 0.1) is 0 Å². The Morgan fingerprint density at radius 2 is 2.17 bits per heavy atom. The molecule has 0 saturated heterocycles. The van der Waals surface area contributed by atoms with Crippen molar-refractivity contribution in [2.24, 2.45) is 5.73 Å². The number of nitrogens with two attached hydrogens (primary N) is 1. The van der Waals surface area contributed by atoms with E-state index in [1.54, 1.807) is 6.20 Å². The van der Waals surface area contributed by atoms with Crippen LogP contribution in [0.15, 0.2) is 24.9 Å². The van der Waals surface area contributed by atoms with Crippen molar-refractivity contribution in [3.8, 4) is 0 Å². The third-order valence-corrected chi connectivity index (χ3v) is 1.75. The van der Waals surface area contributed by atoms with Crippen molar-refractivity contribution in [2.45, 2.75) is 19.8 Å². The Kier molecular flexibility index (Phi) is 2.48. The molecule has 64 valence electrons. The van der Waals surface area contributed by atoms with E-state index >= 15 is 0 Å². The Morgan fingerprint density at radius 3 is 2.50 bits per heavy atom. The highest BCUT2D eigenvalue weighted by molar-refractivity contribution is 5.59. The lowest BCUT2D eigenvalue weighted by Crippen LogP contribution is -1.97. The van der Waals surface area contributed by atoms with E-state index < -0.39 is 0 Å². The molecule has 0 aromatic carbocycles. The molecule has 0 bridgehead atoms. The Labute approximate surface area is 73.1 Å². The fraction of sp³-hybridized carbons (Fsp3) is 0.300. The van der Waals surface area contributed by atoms with Gasteiger partial charge in [-0.2, -0.15) is 0 Å². The molecule has 2 N–H and O–H groups in total. The average molecular weight is 162 g/mol. The molecule has 0 aliphatic heterocycles. The molecule has 1 aromatic heterocycles. The minimum absolute atomic E-state index is 0.463. The predicted molar refractivity (Wildman–Crippen MR) is 51.5 cm³/mol. The third-order valence-electron chi connectivity index (χ3n) is 1.75. The van der Waals surface area contributed by atoms with Gasteiger partial charge in [-0.25, -0.2) is 0 Å². The van der Waals surface area contributed by atoms with Crippen LogP contribution < -0.4 is 5.73 Å². The lowest BCUT2D eigenvalue weighted by atomic mass is 10.1. The van der Waals surface area contributed by atoms with E-state index in [2.05, 4.69) is 25.4 Å². The molecule has 0 fully saturated rings. The summed E-state index contributed by atoms with van der Waals surface area (Å²) in [7, 11) is 0. The highest BCUT2D eigenvalue weighted by Crippen LogP contribution is 2.12. The highest BCUT2D eigenvalue weighted by atomic mass is 14.7. The largest absolute Gasteiger partial charge is 0.399 e. The summed E-state index contributed by atoms with van der Waals surface area (Å²) in [6, 6.07) is 3.93. The van der Waals surface area contributed by atoms with E-state index in [1.807, 2.05) is 12.1 Å². The van der Waals surface area contributed by atoms with Gasteiger partial charge in [0.2, 0.25) is 0 Å². The summed E-state index contributed by atoms with van der Waals surface area (Å²) in [6.45, 7) is 7.86. The summed E-state index contributed by atoms with van der Waals surface area (Å²) in [5, 5.41) is 0. The van der Waals surface area contributed by atoms with Crippen LogP contribution in [0.2, 0.25) is 0 Å². The summed E-state index contributed by atoms with van der Waals surface area (Å²) in [4.78, 5) is 4.26. The van der Waals surface area contributed by atoms with Gasteiger partial charge in [0.25, 0.3) is 0 Å². The molecule has 0 radical (unpaired) electrons. The van der Waals surface area contributed by atoms with Crippen LogP contribution in [0.4, 0.5) is 0 Å². The molecular weight excluding hydrogens is 148 g/mol. The van der Waals surface area contributed by atoms with Crippen LogP contribution in [0.1, 0.15) is 31.0 Å². The first-order valence-corrected chi connectivity index (χ1v) is 4.02. The van der Waals surface area contributed by atoms with E-state index in [4.69, 9.17) is 5.73 Å². The number of pyridine rings is 1. The number of rotatable bonds is 2. The predicted octanol–water partition coefficient (Wildman–Crippen LogP) is 2.13. The summed E-state index contributed by atoms with van der Waals surface area (Å²) in [5.74, 6) is 0.463. The van der Waals surface area contributed by atoms with Crippen molar-refractivity contribution < 1.29 is 0 Å². The van der Waals surface area contributed by atoms with Gasteiger partial charge in [0, 0.05) is 23.2 Å². The van der Waals surface area contributed by atoms with Crippen LogP contribution in [-0.4, -0.2) is 4.98 Å². The first kappa shape index (κ1) is 8.78. The standard InChI is InChI=1S/C10H14N2/c1-7(2)10-5-4-9(6-12-10)8(3)11/h4-7H,3,11H2,1-2H3. The van der Waals surface area contributed by atoms with E-state index in [0.29, 0.717) is 11.6 Å². The summed E-state index contributed by atoms with van der Waals surface area (Å²) < 4.78 is 0. The lowest BCUT2D eigenvalue weighted by Gasteiger charge is -2.04. The molecule has 0 spiro atoms. The van der Waals surface area contributed by atoms with Crippen molar-refractivity contribution in [3.05, 3.63) is 36.2 Å². The maximum atomic E-state index is 5.51. The van der Waals surface area contributed by atoms with Gasteiger partial charge in [-0.05, 0) is 18.1 Å². The monoisotopic (exact) mass is 162 g/mol. The van der Waals surface area contributed by atoms with Crippen LogP contribution in [-0.2, 0) is 0 Å². The molecule has 0 aliphatic carbocycles. The van der Waals surface area contributed by atoms with E-state index in [1.165, 1.54) is 0 Å².